The van der Waals surface area contributed by atoms with Crippen LogP contribution in [0.15, 0.2) is 36.4 Å². The standard InChI is InChI=1S/C20H29NO2/c1-2-3-5-10-19(17-21-13-15-23-16-14-21)20(22)12-11-18-8-6-4-7-9-18/h4,6-9,11-12,19H,2-3,5,10,13-17H2,1H3/b12-11-/t19-/m0/s1. The van der Waals surface area contributed by atoms with Crippen LogP contribution in [0, 0.1) is 5.92 Å². The quantitative estimate of drug-likeness (QED) is 0.513. The minimum Gasteiger partial charge on any atom is -0.379 e. The predicted molar refractivity (Wildman–Crippen MR) is 95.4 cm³/mol. The lowest BCUT2D eigenvalue weighted by atomic mass is 9.95. The second kappa shape index (κ2) is 10.3. The summed E-state index contributed by atoms with van der Waals surface area (Å²) in [7, 11) is 0. The van der Waals surface area contributed by atoms with Crippen LogP contribution in [0.5, 0.6) is 0 Å². The molecule has 1 aromatic carbocycles. The molecule has 1 saturated heterocycles. The number of nitrogens with zero attached hydrogens (tertiary/aromatic N) is 1. The molecule has 23 heavy (non-hydrogen) atoms. The van der Waals surface area contributed by atoms with Crippen molar-refractivity contribution in [3.8, 4) is 0 Å². The molecule has 0 aliphatic carbocycles. The molecule has 0 spiro atoms. The van der Waals surface area contributed by atoms with Crippen LogP contribution in [-0.2, 0) is 9.53 Å². The summed E-state index contributed by atoms with van der Waals surface area (Å²) in [4.78, 5) is 15.0. The number of rotatable bonds is 9. The van der Waals surface area contributed by atoms with Gasteiger partial charge in [0.25, 0.3) is 0 Å². The molecule has 1 heterocycles. The normalized spacial score (nSPS) is 17.4. The van der Waals surface area contributed by atoms with Gasteiger partial charge in [-0.05, 0) is 18.1 Å². The molecule has 0 aromatic heterocycles. The molecule has 0 saturated carbocycles. The smallest absolute Gasteiger partial charge is 0.160 e. The molecule has 3 nitrogen and oxygen atoms in total. The first-order chi connectivity index (χ1) is 11.3. The number of benzene rings is 1. The van der Waals surface area contributed by atoms with E-state index in [1.807, 2.05) is 36.4 Å². The van der Waals surface area contributed by atoms with Gasteiger partial charge < -0.3 is 4.74 Å². The van der Waals surface area contributed by atoms with Crippen LogP contribution in [-0.4, -0.2) is 43.5 Å². The lowest BCUT2D eigenvalue weighted by Gasteiger charge is -2.29. The summed E-state index contributed by atoms with van der Waals surface area (Å²) in [6, 6.07) is 10.0. The van der Waals surface area contributed by atoms with E-state index in [0.29, 0.717) is 0 Å². The summed E-state index contributed by atoms with van der Waals surface area (Å²) in [5.74, 6) is 0.371. The van der Waals surface area contributed by atoms with Gasteiger partial charge in [0.15, 0.2) is 5.78 Å². The molecule has 3 heteroatoms. The van der Waals surface area contributed by atoms with E-state index in [4.69, 9.17) is 4.74 Å². The van der Waals surface area contributed by atoms with Crippen molar-refractivity contribution in [2.24, 2.45) is 5.92 Å². The largest absolute Gasteiger partial charge is 0.379 e. The number of carbonyl (C=O) groups excluding carboxylic acids is 1. The van der Waals surface area contributed by atoms with Gasteiger partial charge in [-0.3, -0.25) is 9.69 Å². The number of carbonyl (C=O) groups is 1. The number of ether oxygens (including phenoxy) is 1. The third kappa shape index (κ3) is 6.67. The van der Waals surface area contributed by atoms with Crippen molar-refractivity contribution in [3.63, 3.8) is 0 Å². The molecule has 1 aliphatic rings. The summed E-state index contributed by atoms with van der Waals surface area (Å²) in [6.45, 7) is 6.53. The van der Waals surface area contributed by atoms with E-state index in [0.717, 1.165) is 51.3 Å². The van der Waals surface area contributed by atoms with Crippen molar-refractivity contribution in [3.05, 3.63) is 42.0 Å². The first-order valence-corrected chi connectivity index (χ1v) is 8.86. The number of unbranched alkanes of at least 4 members (excludes halogenated alkanes) is 2. The molecular formula is C20H29NO2. The zero-order chi connectivity index (χ0) is 16.3. The van der Waals surface area contributed by atoms with Crippen molar-refractivity contribution in [2.45, 2.75) is 32.6 Å². The van der Waals surface area contributed by atoms with Crippen molar-refractivity contribution in [2.75, 3.05) is 32.8 Å². The molecule has 1 atom stereocenters. The first-order valence-electron chi connectivity index (χ1n) is 8.86. The number of allylic oxidation sites excluding steroid dienone is 1. The number of hydrogen-bond acceptors (Lipinski definition) is 3. The number of morpholine rings is 1. The van der Waals surface area contributed by atoms with Gasteiger partial charge in [-0.1, -0.05) is 62.6 Å². The van der Waals surface area contributed by atoms with E-state index in [-0.39, 0.29) is 11.7 Å². The van der Waals surface area contributed by atoms with E-state index >= 15 is 0 Å². The van der Waals surface area contributed by atoms with Gasteiger partial charge in [-0.15, -0.1) is 0 Å². The highest BCUT2D eigenvalue weighted by atomic mass is 16.5. The van der Waals surface area contributed by atoms with E-state index in [1.54, 1.807) is 6.08 Å². The van der Waals surface area contributed by atoms with Crippen molar-refractivity contribution < 1.29 is 9.53 Å². The maximum Gasteiger partial charge on any atom is 0.160 e. The second-order valence-electron chi connectivity index (χ2n) is 6.25. The minimum atomic E-state index is 0.111. The van der Waals surface area contributed by atoms with Crippen LogP contribution < -0.4 is 0 Å². The van der Waals surface area contributed by atoms with Gasteiger partial charge in [0.1, 0.15) is 0 Å². The van der Waals surface area contributed by atoms with Crippen molar-refractivity contribution in [1.82, 2.24) is 4.90 Å². The first kappa shape index (κ1) is 17.9. The van der Waals surface area contributed by atoms with Crippen molar-refractivity contribution >= 4 is 11.9 Å². The maximum absolute atomic E-state index is 12.6. The summed E-state index contributed by atoms with van der Waals surface area (Å²) < 4.78 is 5.41. The Kier molecular flexibility index (Phi) is 8.05. The molecule has 1 fully saturated rings. The third-order valence-electron chi connectivity index (χ3n) is 4.38. The highest BCUT2D eigenvalue weighted by Gasteiger charge is 2.21. The predicted octanol–water partition coefficient (Wildman–Crippen LogP) is 3.80. The zero-order valence-electron chi connectivity index (χ0n) is 14.2. The van der Waals surface area contributed by atoms with Crippen molar-refractivity contribution in [1.29, 1.82) is 0 Å². The lowest BCUT2D eigenvalue weighted by molar-refractivity contribution is -0.119. The minimum absolute atomic E-state index is 0.111. The Labute approximate surface area is 140 Å². The van der Waals surface area contributed by atoms with Gasteiger partial charge in [0.05, 0.1) is 13.2 Å². The van der Waals surface area contributed by atoms with Crippen LogP contribution in [0.1, 0.15) is 38.2 Å². The van der Waals surface area contributed by atoms with Gasteiger partial charge >= 0.3 is 0 Å². The molecule has 126 valence electrons. The van der Waals surface area contributed by atoms with Gasteiger partial charge in [-0.2, -0.15) is 0 Å². The second-order valence-corrected chi connectivity index (χ2v) is 6.25. The van der Waals surface area contributed by atoms with E-state index in [9.17, 15) is 4.79 Å². The summed E-state index contributed by atoms with van der Waals surface area (Å²) >= 11 is 0. The lowest BCUT2D eigenvalue weighted by Crippen LogP contribution is -2.40. The van der Waals surface area contributed by atoms with Crippen LogP contribution in [0.2, 0.25) is 0 Å². The maximum atomic E-state index is 12.6. The fourth-order valence-corrected chi connectivity index (χ4v) is 2.94. The fourth-order valence-electron chi connectivity index (χ4n) is 2.94. The highest BCUT2D eigenvalue weighted by Crippen LogP contribution is 2.15. The molecule has 0 unspecified atom stereocenters. The highest BCUT2D eigenvalue weighted by molar-refractivity contribution is 5.95. The van der Waals surface area contributed by atoms with E-state index in [2.05, 4.69) is 11.8 Å². The Morgan fingerprint density at radius 2 is 1.96 bits per heavy atom. The molecule has 0 radical (unpaired) electrons. The zero-order valence-corrected chi connectivity index (χ0v) is 14.2. The Morgan fingerprint density at radius 3 is 2.65 bits per heavy atom. The Bertz CT molecular complexity index is 478. The van der Waals surface area contributed by atoms with E-state index in [1.165, 1.54) is 12.8 Å². The van der Waals surface area contributed by atoms with Crippen LogP contribution in [0.3, 0.4) is 0 Å². The fraction of sp³-hybridized carbons (Fsp3) is 0.550. The van der Waals surface area contributed by atoms with Crippen LogP contribution >= 0.6 is 0 Å². The number of hydrogen-bond donors (Lipinski definition) is 0. The monoisotopic (exact) mass is 315 g/mol. The van der Waals surface area contributed by atoms with E-state index < -0.39 is 0 Å². The molecule has 0 N–H and O–H groups in total. The topological polar surface area (TPSA) is 29.5 Å². The molecular weight excluding hydrogens is 286 g/mol. The third-order valence-corrected chi connectivity index (χ3v) is 4.38. The Balaban J connectivity index is 1.93. The van der Waals surface area contributed by atoms with Crippen LogP contribution in [0.25, 0.3) is 6.08 Å². The summed E-state index contributed by atoms with van der Waals surface area (Å²) in [5, 5.41) is 0. The molecule has 1 aromatic rings. The van der Waals surface area contributed by atoms with Crippen LogP contribution in [0.4, 0.5) is 0 Å². The molecule has 0 bridgehead atoms. The Hall–Kier alpha value is -1.45. The Morgan fingerprint density at radius 1 is 1.22 bits per heavy atom. The molecule has 0 amide bonds. The van der Waals surface area contributed by atoms with Gasteiger partial charge in [0, 0.05) is 25.6 Å². The van der Waals surface area contributed by atoms with Gasteiger partial charge in [0.2, 0.25) is 0 Å². The molecule has 1 aliphatic heterocycles. The SMILES string of the molecule is CCCCC[C@@H](CN1CCOCC1)C(=O)/C=C\c1ccccc1. The average molecular weight is 315 g/mol. The number of ketones is 1. The summed E-state index contributed by atoms with van der Waals surface area (Å²) in [5.41, 5.74) is 1.08. The summed E-state index contributed by atoms with van der Waals surface area (Å²) in [6.07, 6.45) is 8.23. The average Bonchev–Trinajstić information content (AvgIpc) is 2.61. The molecule has 2 rings (SSSR count). The van der Waals surface area contributed by atoms with Gasteiger partial charge in [-0.25, -0.2) is 0 Å².